The number of carbonyl (C=O) groups is 1. The molecule has 1 N–H and O–H groups in total. The first-order valence-corrected chi connectivity index (χ1v) is 9.35. The fourth-order valence-corrected chi connectivity index (χ4v) is 2.85. The van der Waals surface area contributed by atoms with Gasteiger partial charge in [0.05, 0.1) is 4.92 Å². The molecule has 3 rings (SSSR count). The van der Waals surface area contributed by atoms with E-state index in [1.807, 2.05) is 32.9 Å². The number of aryl methyl sites for hydroxylation is 1. The highest BCUT2D eigenvalue weighted by Crippen LogP contribution is 2.27. The maximum atomic E-state index is 12.7. The second-order valence-electron chi connectivity index (χ2n) is 6.97. The summed E-state index contributed by atoms with van der Waals surface area (Å²) in [5, 5.41) is 17.9. The summed E-state index contributed by atoms with van der Waals surface area (Å²) in [7, 11) is 0. The average Bonchev–Trinajstić information content (AvgIpc) is 3.21. The van der Waals surface area contributed by atoms with Crippen LogP contribution in [0.5, 0.6) is 0 Å². The normalized spacial score (nSPS) is 12.9. The molecule has 0 saturated heterocycles. The van der Waals surface area contributed by atoms with Crippen LogP contribution in [-0.2, 0) is 0 Å². The predicted octanol–water partition coefficient (Wildman–Crippen LogP) is 4.47. The van der Waals surface area contributed by atoms with Gasteiger partial charge in [-0.25, -0.2) is 0 Å². The van der Waals surface area contributed by atoms with Gasteiger partial charge in [-0.2, -0.15) is 4.98 Å². The van der Waals surface area contributed by atoms with E-state index in [2.05, 4.69) is 15.5 Å². The molecule has 150 valence electrons. The smallest absolute Gasteiger partial charge is 0.270 e. The Kier molecular flexibility index (Phi) is 6.01. The molecule has 0 radical (unpaired) electrons. The van der Waals surface area contributed by atoms with E-state index in [0.29, 0.717) is 11.1 Å². The third-order valence-corrected chi connectivity index (χ3v) is 4.84. The van der Waals surface area contributed by atoms with E-state index in [1.54, 1.807) is 24.3 Å². The monoisotopic (exact) mass is 394 g/mol. The molecule has 1 amide bonds. The van der Waals surface area contributed by atoms with Crippen molar-refractivity contribution in [1.82, 2.24) is 15.5 Å². The van der Waals surface area contributed by atoms with Crippen LogP contribution in [-0.4, -0.2) is 21.0 Å². The van der Waals surface area contributed by atoms with E-state index < -0.39 is 11.0 Å². The molecule has 0 bridgehead atoms. The van der Waals surface area contributed by atoms with Crippen molar-refractivity contribution in [3.8, 4) is 11.4 Å². The van der Waals surface area contributed by atoms with Crippen molar-refractivity contribution in [3.63, 3.8) is 0 Å². The van der Waals surface area contributed by atoms with Crippen LogP contribution in [0.15, 0.2) is 53.1 Å². The first kappa shape index (κ1) is 20.2. The highest BCUT2D eigenvalue weighted by molar-refractivity contribution is 5.94. The lowest BCUT2D eigenvalue weighted by Gasteiger charge is -2.20. The van der Waals surface area contributed by atoms with E-state index in [0.717, 1.165) is 12.0 Å². The van der Waals surface area contributed by atoms with Crippen LogP contribution in [0.25, 0.3) is 11.4 Å². The van der Waals surface area contributed by atoms with Crippen molar-refractivity contribution >= 4 is 11.6 Å². The molecule has 0 aliphatic carbocycles. The van der Waals surface area contributed by atoms with Crippen LogP contribution in [0.4, 0.5) is 5.69 Å². The number of nitro groups is 1. The van der Waals surface area contributed by atoms with Crippen molar-refractivity contribution < 1.29 is 14.2 Å². The summed E-state index contributed by atoms with van der Waals surface area (Å²) in [6, 6.07) is 12.8. The zero-order valence-corrected chi connectivity index (χ0v) is 16.5. The third-order valence-electron chi connectivity index (χ3n) is 4.84. The minimum atomic E-state index is -0.478. The molecule has 0 fully saturated rings. The van der Waals surface area contributed by atoms with Crippen LogP contribution < -0.4 is 5.32 Å². The van der Waals surface area contributed by atoms with Crippen molar-refractivity contribution in [2.45, 2.75) is 33.2 Å². The molecule has 0 spiro atoms. The number of nitrogens with zero attached hydrogens (tertiary/aromatic N) is 3. The van der Waals surface area contributed by atoms with Crippen LogP contribution >= 0.6 is 0 Å². The molecule has 0 aliphatic heterocycles. The SMILES string of the molecule is CC[C@@H](C)[C@@H](NC(=O)c1ccc(C)cc1)c1nc(-c2cccc([N+](=O)[O-])c2)no1. The molecule has 1 aromatic heterocycles. The summed E-state index contributed by atoms with van der Waals surface area (Å²) >= 11 is 0. The van der Waals surface area contributed by atoms with E-state index in [1.165, 1.54) is 12.1 Å². The maximum absolute atomic E-state index is 12.7. The summed E-state index contributed by atoms with van der Waals surface area (Å²) in [4.78, 5) is 27.6. The molecular formula is C21H22N4O4. The van der Waals surface area contributed by atoms with Gasteiger partial charge in [-0.1, -0.05) is 55.3 Å². The van der Waals surface area contributed by atoms with E-state index in [-0.39, 0.29) is 29.2 Å². The van der Waals surface area contributed by atoms with Crippen LogP contribution in [0.2, 0.25) is 0 Å². The van der Waals surface area contributed by atoms with Crippen molar-refractivity contribution in [2.75, 3.05) is 0 Å². The maximum Gasteiger partial charge on any atom is 0.270 e. The summed E-state index contributed by atoms with van der Waals surface area (Å²) in [6.45, 7) is 5.95. The van der Waals surface area contributed by atoms with Gasteiger partial charge in [0, 0.05) is 23.3 Å². The number of nitrogens with one attached hydrogen (secondary N) is 1. The first-order valence-electron chi connectivity index (χ1n) is 9.35. The van der Waals surface area contributed by atoms with Crippen LogP contribution in [0, 0.1) is 23.0 Å². The summed E-state index contributed by atoms with van der Waals surface area (Å²) in [5.41, 5.74) is 2.03. The molecule has 1 heterocycles. The molecule has 0 unspecified atom stereocenters. The predicted molar refractivity (Wildman–Crippen MR) is 107 cm³/mol. The number of aromatic nitrogens is 2. The quantitative estimate of drug-likeness (QED) is 0.467. The van der Waals surface area contributed by atoms with Crippen molar-refractivity contribution in [1.29, 1.82) is 0 Å². The zero-order valence-electron chi connectivity index (χ0n) is 16.5. The third kappa shape index (κ3) is 4.66. The standard InChI is InChI=1S/C21H22N4O4/c1-4-14(3)18(22-20(26)15-10-8-13(2)9-11-15)21-23-19(24-29-21)16-6-5-7-17(12-16)25(27)28/h5-12,14,18H,4H2,1-3H3,(H,22,26)/t14-,18-/m1/s1. The van der Waals surface area contributed by atoms with Gasteiger partial charge in [0.15, 0.2) is 0 Å². The van der Waals surface area contributed by atoms with Gasteiger partial charge in [-0.05, 0) is 25.0 Å². The molecule has 8 nitrogen and oxygen atoms in total. The summed E-state index contributed by atoms with van der Waals surface area (Å²) < 4.78 is 5.41. The van der Waals surface area contributed by atoms with Crippen molar-refractivity contribution in [2.24, 2.45) is 5.92 Å². The van der Waals surface area contributed by atoms with E-state index in [9.17, 15) is 14.9 Å². The Morgan fingerprint density at radius 3 is 2.62 bits per heavy atom. The lowest BCUT2D eigenvalue weighted by Crippen LogP contribution is -2.32. The molecule has 0 saturated carbocycles. The first-order chi connectivity index (χ1) is 13.9. The van der Waals surface area contributed by atoms with Gasteiger partial charge < -0.3 is 9.84 Å². The molecular weight excluding hydrogens is 372 g/mol. The Morgan fingerprint density at radius 1 is 1.24 bits per heavy atom. The topological polar surface area (TPSA) is 111 Å². The Balaban J connectivity index is 1.86. The highest BCUT2D eigenvalue weighted by Gasteiger charge is 2.27. The summed E-state index contributed by atoms with van der Waals surface area (Å²) in [6.07, 6.45) is 0.785. The number of rotatable bonds is 7. The van der Waals surface area contributed by atoms with Gasteiger partial charge in [0.1, 0.15) is 6.04 Å². The Morgan fingerprint density at radius 2 is 1.97 bits per heavy atom. The molecule has 2 aromatic carbocycles. The lowest BCUT2D eigenvalue weighted by molar-refractivity contribution is -0.384. The zero-order chi connectivity index (χ0) is 21.0. The summed E-state index contributed by atoms with van der Waals surface area (Å²) in [5.74, 6) is 0.316. The minimum absolute atomic E-state index is 0.0443. The van der Waals surface area contributed by atoms with Gasteiger partial charge >= 0.3 is 0 Å². The second-order valence-corrected chi connectivity index (χ2v) is 6.97. The number of carbonyl (C=O) groups excluding carboxylic acids is 1. The molecule has 8 heteroatoms. The Labute approximate surface area is 168 Å². The molecule has 29 heavy (non-hydrogen) atoms. The molecule has 2 atom stereocenters. The second kappa shape index (κ2) is 8.64. The number of nitro benzene ring substituents is 1. The average molecular weight is 394 g/mol. The van der Waals surface area contributed by atoms with Crippen LogP contribution in [0.1, 0.15) is 48.1 Å². The van der Waals surface area contributed by atoms with Gasteiger partial charge in [-0.15, -0.1) is 0 Å². The number of non-ortho nitro benzene ring substituents is 1. The van der Waals surface area contributed by atoms with Crippen LogP contribution in [0.3, 0.4) is 0 Å². The van der Waals surface area contributed by atoms with E-state index >= 15 is 0 Å². The van der Waals surface area contributed by atoms with Crippen molar-refractivity contribution in [3.05, 3.63) is 75.7 Å². The Hall–Kier alpha value is -3.55. The number of benzene rings is 2. The molecule has 0 aliphatic rings. The minimum Gasteiger partial charge on any atom is -0.340 e. The Bertz CT molecular complexity index is 1010. The number of amides is 1. The fraction of sp³-hybridized carbons (Fsp3) is 0.286. The van der Waals surface area contributed by atoms with E-state index in [4.69, 9.17) is 4.52 Å². The number of hydrogen-bond acceptors (Lipinski definition) is 6. The van der Waals surface area contributed by atoms with Gasteiger partial charge in [0.25, 0.3) is 11.6 Å². The van der Waals surface area contributed by atoms with Gasteiger partial charge in [0.2, 0.25) is 11.7 Å². The number of hydrogen-bond donors (Lipinski definition) is 1. The largest absolute Gasteiger partial charge is 0.340 e. The lowest BCUT2D eigenvalue weighted by atomic mass is 9.98. The molecule has 3 aromatic rings. The van der Waals surface area contributed by atoms with Gasteiger partial charge in [-0.3, -0.25) is 14.9 Å². The fourth-order valence-electron chi connectivity index (χ4n) is 2.85. The highest BCUT2D eigenvalue weighted by atomic mass is 16.6.